The molecule has 0 aromatic carbocycles. The van der Waals surface area contributed by atoms with E-state index >= 15 is 0 Å². The van der Waals surface area contributed by atoms with Gasteiger partial charge in [0.05, 0.1) is 7.11 Å². The van der Waals surface area contributed by atoms with Crippen molar-refractivity contribution in [2.24, 2.45) is 10.4 Å². The predicted molar refractivity (Wildman–Crippen MR) is 57.9 cm³/mol. The Morgan fingerprint density at radius 1 is 1.38 bits per heavy atom. The molecule has 0 aromatic heterocycles. The van der Waals surface area contributed by atoms with Crippen LogP contribution in [0.5, 0.6) is 0 Å². The molecule has 0 rings (SSSR count). The second-order valence-corrected chi connectivity index (χ2v) is 3.94. The largest absolute Gasteiger partial charge is 0.481 e. The van der Waals surface area contributed by atoms with Gasteiger partial charge in [0.2, 0.25) is 5.90 Å². The van der Waals surface area contributed by atoms with Crippen LogP contribution in [0.25, 0.3) is 0 Å². The lowest BCUT2D eigenvalue weighted by molar-refractivity contribution is 0.406. The summed E-state index contributed by atoms with van der Waals surface area (Å²) in [4.78, 5) is 4.14. The van der Waals surface area contributed by atoms with Crippen molar-refractivity contribution >= 4 is 5.90 Å². The first-order valence-corrected chi connectivity index (χ1v) is 4.33. The summed E-state index contributed by atoms with van der Waals surface area (Å²) in [7, 11) is 1.58. The van der Waals surface area contributed by atoms with Gasteiger partial charge < -0.3 is 4.74 Å². The lowest BCUT2D eigenvalue weighted by atomic mass is 9.88. The van der Waals surface area contributed by atoms with Gasteiger partial charge in [0.1, 0.15) is 0 Å². The van der Waals surface area contributed by atoms with Gasteiger partial charge >= 0.3 is 0 Å². The van der Waals surface area contributed by atoms with Crippen molar-refractivity contribution in [2.45, 2.75) is 27.7 Å². The van der Waals surface area contributed by atoms with Crippen molar-refractivity contribution in [3.05, 3.63) is 24.4 Å². The van der Waals surface area contributed by atoms with Crippen LogP contribution in [0.15, 0.2) is 29.4 Å². The highest BCUT2D eigenvalue weighted by Gasteiger charge is 2.11. The van der Waals surface area contributed by atoms with Gasteiger partial charge in [-0.3, -0.25) is 0 Å². The summed E-state index contributed by atoms with van der Waals surface area (Å²) in [5.41, 5.74) is 1.37. The molecule has 13 heavy (non-hydrogen) atoms. The highest BCUT2D eigenvalue weighted by atomic mass is 16.5. The van der Waals surface area contributed by atoms with E-state index < -0.39 is 0 Å². The highest BCUT2D eigenvalue weighted by Crippen LogP contribution is 2.24. The van der Waals surface area contributed by atoms with Crippen LogP contribution in [0.4, 0.5) is 0 Å². The van der Waals surface area contributed by atoms with Crippen molar-refractivity contribution in [1.82, 2.24) is 0 Å². The number of nitrogens with zero attached hydrogens (tertiary/aromatic N) is 1. The quantitative estimate of drug-likeness (QED) is 0.473. The molecule has 0 aliphatic rings. The molecule has 2 heteroatoms. The fourth-order valence-corrected chi connectivity index (χ4v) is 0.543. The van der Waals surface area contributed by atoms with Crippen LogP contribution in [-0.4, -0.2) is 13.0 Å². The van der Waals surface area contributed by atoms with Gasteiger partial charge in [-0.1, -0.05) is 27.4 Å². The number of hydrogen-bond donors (Lipinski definition) is 0. The molecule has 0 saturated heterocycles. The summed E-state index contributed by atoms with van der Waals surface area (Å²) in [5.74, 6) is 0.545. The number of allylic oxidation sites excluding steroid dienone is 1. The Morgan fingerprint density at radius 2 is 1.92 bits per heavy atom. The SMILES string of the molecule is C=C/C(=N\C=C(\C)C(C)(C)C)OC. The van der Waals surface area contributed by atoms with Crippen LogP contribution in [0.2, 0.25) is 0 Å². The molecule has 0 saturated carbocycles. The molecule has 0 aliphatic heterocycles. The molecular formula is C11H19NO. The lowest BCUT2D eigenvalue weighted by Gasteiger charge is -2.18. The van der Waals surface area contributed by atoms with Crippen LogP contribution in [-0.2, 0) is 4.74 Å². The van der Waals surface area contributed by atoms with Crippen molar-refractivity contribution in [3.63, 3.8) is 0 Å². The van der Waals surface area contributed by atoms with Crippen LogP contribution < -0.4 is 0 Å². The summed E-state index contributed by atoms with van der Waals surface area (Å²) >= 11 is 0. The van der Waals surface area contributed by atoms with E-state index in [-0.39, 0.29) is 5.41 Å². The molecular weight excluding hydrogens is 162 g/mol. The predicted octanol–water partition coefficient (Wildman–Crippen LogP) is 3.17. The van der Waals surface area contributed by atoms with Gasteiger partial charge in [-0.25, -0.2) is 4.99 Å². The van der Waals surface area contributed by atoms with Gasteiger partial charge in [0.15, 0.2) is 0 Å². The average molecular weight is 181 g/mol. The topological polar surface area (TPSA) is 21.6 Å². The molecule has 74 valence electrons. The van der Waals surface area contributed by atoms with Crippen LogP contribution in [0, 0.1) is 5.41 Å². The fraction of sp³-hybridized carbons (Fsp3) is 0.545. The normalized spacial score (nSPS) is 14.2. The van der Waals surface area contributed by atoms with E-state index in [9.17, 15) is 0 Å². The minimum Gasteiger partial charge on any atom is -0.481 e. The third-order valence-corrected chi connectivity index (χ3v) is 1.95. The maximum absolute atomic E-state index is 4.95. The Bertz CT molecular complexity index is 231. The molecule has 0 heterocycles. The minimum absolute atomic E-state index is 0.156. The molecule has 0 unspecified atom stereocenters. The Hall–Kier alpha value is -1.05. The zero-order valence-corrected chi connectivity index (χ0v) is 9.22. The minimum atomic E-state index is 0.156. The van der Waals surface area contributed by atoms with E-state index in [1.807, 2.05) is 6.20 Å². The summed E-state index contributed by atoms with van der Waals surface area (Å²) in [6.45, 7) is 12.1. The van der Waals surface area contributed by atoms with Crippen LogP contribution >= 0.6 is 0 Å². The lowest BCUT2D eigenvalue weighted by Crippen LogP contribution is -2.06. The Balaban J connectivity index is 4.58. The van der Waals surface area contributed by atoms with Crippen LogP contribution in [0.1, 0.15) is 27.7 Å². The van der Waals surface area contributed by atoms with E-state index in [1.165, 1.54) is 5.57 Å². The number of aliphatic imine (C=N–C) groups is 1. The van der Waals surface area contributed by atoms with E-state index in [2.05, 4.69) is 39.3 Å². The van der Waals surface area contributed by atoms with E-state index in [0.29, 0.717) is 5.90 Å². The summed E-state index contributed by atoms with van der Waals surface area (Å²) in [6.07, 6.45) is 3.41. The first-order valence-electron chi connectivity index (χ1n) is 4.33. The summed E-state index contributed by atoms with van der Waals surface area (Å²) < 4.78 is 4.95. The zero-order chi connectivity index (χ0) is 10.5. The standard InChI is InChI=1S/C11H19NO/c1-7-10(13-6)12-8-9(2)11(3,4)5/h7-8H,1H2,2-6H3/b9-8-,12-10+. The van der Waals surface area contributed by atoms with E-state index in [4.69, 9.17) is 4.74 Å². The molecule has 0 amide bonds. The molecule has 0 fully saturated rings. The first kappa shape index (κ1) is 11.9. The molecule has 0 aliphatic carbocycles. The monoisotopic (exact) mass is 181 g/mol. The van der Waals surface area contributed by atoms with Crippen molar-refractivity contribution in [2.75, 3.05) is 7.11 Å². The van der Waals surface area contributed by atoms with Crippen molar-refractivity contribution < 1.29 is 4.74 Å². The van der Waals surface area contributed by atoms with E-state index in [1.54, 1.807) is 13.2 Å². The molecule has 0 atom stereocenters. The average Bonchev–Trinajstić information content (AvgIpc) is 2.04. The highest BCUT2D eigenvalue weighted by molar-refractivity contribution is 5.87. The van der Waals surface area contributed by atoms with Crippen molar-refractivity contribution in [1.29, 1.82) is 0 Å². The molecule has 2 nitrogen and oxygen atoms in total. The van der Waals surface area contributed by atoms with Gasteiger partial charge in [0, 0.05) is 6.20 Å². The second kappa shape index (κ2) is 4.85. The third-order valence-electron chi connectivity index (χ3n) is 1.95. The molecule has 0 radical (unpaired) electrons. The Kier molecular flexibility index (Phi) is 4.46. The van der Waals surface area contributed by atoms with Crippen molar-refractivity contribution in [3.8, 4) is 0 Å². The number of ether oxygens (including phenoxy) is 1. The first-order chi connectivity index (χ1) is 5.91. The van der Waals surface area contributed by atoms with E-state index in [0.717, 1.165) is 0 Å². The van der Waals surface area contributed by atoms with Crippen LogP contribution in [0.3, 0.4) is 0 Å². The second-order valence-electron chi connectivity index (χ2n) is 3.94. The van der Waals surface area contributed by atoms with Gasteiger partial charge in [0.25, 0.3) is 0 Å². The summed E-state index contributed by atoms with van der Waals surface area (Å²) in [5, 5.41) is 0. The fourth-order valence-electron chi connectivity index (χ4n) is 0.543. The number of methoxy groups -OCH3 is 1. The molecule has 0 spiro atoms. The third kappa shape index (κ3) is 4.51. The molecule has 0 bridgehead atoms. The maximum Gasteiger partial charge on any atom is 0.212 e. The summed E-state index contributed by atoms with van der Waals surface area (Å²) in [6, 6.07) is 0. The zero-order valence-electron chi connectivity index (χ0n) is 9.22. The molecule has 0 N–H and O–H groups in total. The number of rotatable bonds is 2. The van der Waals surface area contributed by atoms with Gasteiger partial charge in [-0.05, 0) is 24.0 Å². The smallest absolute Gasteiger partial charge is 0.212 e. The number of hydrogen-bond acceptors (Lipinski definition) is 2. The Labute approximate surface area is 81.0 Å². The maximum atomic E-state index is 4.95. The molecule has 0 aromatic rings. The van der Waals surface area contributed by atoms with Gasteiger partial charge in [-0.15, -0.1) is 0 Å². The Morgan fingerprint density at radius 3 is 2.23 bits per heavy atom. The van der Waals surface area contributed by atoms with Gasteiger partial charge in [-0.2, -0.15) is 0 Å².